The molecule has 0 aliphatic carbocycles. The monoisotopic (exact) mass is 399 g/mol. The van der Waals surface area contributed by atoms with Crippen molar-refractivity contribution in [1.82, 2.24) is 15.1 Å². The van der Waals surface area contributed by atoms with Crippen LogP contribution in [0.4, 0.5) is 0 Å². The van der Waals surface area contributed by atoms with E-state index < -0.39 is 17.9 Å². The van der Waals surface area contributed by atoms with Crippen LogP contribution in [0.1, 0.15) is 34.1 Å². The maximum Gasteiger partial charge on any atom is 0.305 e. The van der Waals surface area contributed by atoms with E-state index in [1.54, 1.807) is 36.4 Å². The first-order valence-electron chi connectivity index (χ1n) is 8.47. The highest BCUT2D eigenvalue weighted by molar-refractivity contribution is 6.30. The van der Waals surface area contributed by atoms with E-state index in [9.17, 15) is 19.8 Å². The molecule has 2 aromatic carbocycles. The second-order valence-corrected chi connectivity index (χ2v) is 6.75. The molecule has 0 aliphatic heterocycles. The van der Waals surface area contributed by atoms with E-state index in [1.165, 1.54) is 10.7 Å². The minimum atomic E-state index is -1.04. The van der Waals surface area contributed by atoms with Gasteiger partial charge in [0.05, 0.1) is 18.2 Å². The van der Waals surface area contributed by atoms with Crippen molar-refractivity contribution in [3.63, 3.8) is 0 Å². The van der Waals surface area contributed by atoms with Crippen LogP contribution in [0.25, 0.3) is 5.69 Å². The van der Waals surface area contributed by atoms with Crippen molar-refractivity contribution in [2.24, 2.45) is 0 Å². The minimum Gasteiger partial charge on any atom is -0.493 e. The predicted molar refractivity (Wildman–Crippen MR) is 104 cm³/mol. The Morgan fingerprint density at radius 2 is 1.89 bits per heavy atom. The fourth-order valence-corrected chi connectivity index (χ4v) is 2.93. The number of halogens is 1. The van der Waals surface area contributed by atoms with Crippen molar-refractivity contribution in [1.29, 1.82) is 0 Å². The van der Waals surface area contributed by atoms with Gasteiger partial charge in [-0.2, -0.15) is 5.10 Å². The first-order valence-corrected chi connectivity index (χ1v) is 8.85. The van der Waals surface area contributed by atoms with Gasteiger partial charge in [-0.3, -0.25) is 9.59 Å². The number of hydrogen-bond acceptors (Lipinski definition) is 4. The summed E-state index contributed by atoms with van der Waals surface area (Å²) in [7, 11) is 0. The lowest BCUT2D eigenvalue weighted by Crippen LogP contribution is -2.30. The van der Waals surface area contributed by atoms with E-state index in [2.05, 4.69) is 10.4 Å². The zero-order chi connectivity index (χ0) is 20.3. The summed E-state index contributed by atoms with van der Waals surface area (Å²) in [6, 6.07) is 14.3. The number of aliphatic carboxylic acids is 1. The van der Waals surface area contributed by atoms with Crippen LogP contribution in [0.5, 0.6) is 5.88 Å². The summed E-state index contributed by atoms with van der Waals surface area (Å²) in [6.07, 6.45) is -0.279. The number of aromatic hydroxyl groups is 1. The van der Waals surface area contributed by atoms with E-state index in [0.29, 0.717) is 16.3 Å². The van der Waals surface area contributed by atoms with E-state index in [4.69, 9.17) is 11.6 Å². The molecule has 0 spiro atoms. The number of benzene rings is 2. The molecule has 144 valence electrons. The van der Waals surface area contributed by atoms with Crippen LogP contribution in [0.3, 0.4) is 0 Å². The molecule has 1 heterocycles. The van der Waals surface area contributed by atoms with Crippen molar-refractivity contribution >= 4 is 23.5 Å². The van der Waals surface area contributed by atoms with Crippen molar-refractivity contribution in [2.45, 2.75) is 19.4 Å². The van der Waals surface area contributed by atoms with Gasteiger partial charge in [0, 0.05) is 11.1 Å². The predicted octanol–water partition coefficient (Wildman–Crippen LogP) is 3.49. The Morgan fingerprint density at radius 3 is 2.54 bits per heavy atom. The smallest absolute Gasteiger partial charge is 0.305 e. The Morgan fingerprint density at radius 1 is 1.18 bits per heavy atom. The third-order valence-electron chi connectivity index (χ3n) is 4.12. The number of hydrogen-bond donors (Lipinski definition) is 3. The highest BCUT2D eigenvalue weighted by Gasteiger charge is 2.22. The minimum absolute atomic E-state index is 0.0320. The molecule has 1 atom stereocenters. The molecule has 0 saturated carbocycles. The Kier molecular flexibility index (Phi) is 5.65. The van der Waals surface area contributed by atoms with Crippen LogP contribution in [0.2, 0.25) is 5.02 Å². The zero-order valence-electron chi connectivity index (χ0n) is 15.0. The summed E-state index contributed by atoms with van der Waals surface area (Å²) in [5.74, 6) is -1.85. The molecule has 8 heteroatoms. The lowest BCUT2D eigenvalue weighted by molar-refractivity contribution is -0.137. The van der Waals surface area contributed by atoms with Gasteiger partial charge in [0.15, 0.2) is 5.69 Å². The summed E-state index contributed by atoms with van der Waals surface area (Å²) in [5, 5.41) is 26.7. The average Bonchev–Trinajstić information content (AvgIpc) is 3.03. The molecule has 0 aliphatic rings. The molecule has 0 fully saturated rings. The lowest BCUT2D eigenvalue weighted by atomic mass is 10.0. The summed E-state index contributed by atoms with van der Waals surface area (Å²) in [4.78, 5) is 23.9. The summed E-state index contributed by atoms with van der Waals surface area (Å²) in [5.41, 5.74) is 2.13. The Balaban J connectivity index is 1.85. The number of nitrogens with one attached hydrogen (secondary N) is 1. The second-order valence-electron chi connectivity index (χ2n) is 6.31. The van der Waals surface area contributed by atoms with Gasteiger partial charge >= 0.3 is 5.97 Å². The largest absolute Gasteiger partial charge is 0.493 e. The number of nitrogens with zero attached hydrogens (tertiary/aromatic N) is 2. The highest BCUT2D eigenvalue weighted by atomic mass is 35.5. The van der Waals surface area contributed by atoms with Gasteiger partial charge in [-0.05, 0) is 36.8 Å². The Labute approximate surface area is 166 Å². The third kappa shape index (κ3) is 4.50. The number of aryl methyl sites for hydroxylation is 1. The standard InChI is InChI=1S/C20H18ClN3O4/c1-12-3-2-4-13(9-12)16(11-19(26)27)22-20(28)17-10-18(25)24(23-17)15-7-5-14(21)6-8-15/h2-10,16,25H,11H2,1H3,(H,22,28)(H,26,27)/t16-/m0/s1. The number of rotatable bonds is 6. The number of amides is 1. The fourth-order valence-electron chi connectivity index (χ4n) is 2.80. The van der Waals surface area contributed by atoms with Gasteiger partial charge in [0.25, 0.3) is 5.91 Å². The third-order valence-corrected chi connectivity index (χ3v) is 4.37. The Bertz CT molecular complexity index is 1010. The second kappa shape index (κ2) is 8.14. The molecule has 1 amide bonds. The molecule has 0 unspecified atom stereocenters. The molecule has 28 heavy (non-hydrogen) atoms. The first-order chi connectivity index (χ1) is 13.3. The van der Waals surface area contributed by atoms with E-state index in [0.717, 1.165) is 5.56 Å². The van der Waals surface area contributed by atoms with Crippen LogP contribution in [-0.4, -0.2) is 31.9 Å². The molecule has 0 radical (unpaired) electrons. The highest BCUT2D eigenvalue weighted by Crippen LogP contribution is 2.22. The summed E-state index contributed by atoms with van der Waals surface area (Å²) >= 11 is 5.86. The topological polar surface area (TPSA) is 104 Å². The maximum absolute atomic E-state index is 12.6. The van der Waals surface area contributed by atoms with Gasteiger partial charge in [-0.15, -0.1) is 0 Å². The first kappa shape index (κ1) is 19.4. The van der Waals surface area contributed by atoms with E-state index >= 15 is 0 Å². The number of carboxylic acids is 1. The fraction of sp³-hybridized carbons (Fsp3) is 0.150. The van der Waals surface area contributed by atoms with Crippen LogP contribution in [0, 0.1) is 6.92 Å². The van der Waals surface area contributed by atoms with E-state index in [-0.39, 0.29) is 18.0 Å². The maximum atomic E-state index is 12.6. The van der Waals surface area contributed by atoms with Crippen LogP contribution < -0.4 is 5.32 Å². The quantitative estimate of drug-likeness (QED) is 0.588. The molecule has 3 N–H and O–H groups in total. The molecule has 0 bridgehead atoms. The van der Waals surface area contributed by atoms with Gasteiger partial charge in [0.2, 0.25) is 5.88 Å². The normalized spacial score (nSPS) is 11.8. The average molecular weight is 400 g/mol. The summed E-state index contributed by atoms with van der Waals surface area (Å²) in [6.45, 7) is 1.88. The lowest BCUT2D eigenvalue weighted by Gasteiger charge is -2.17. The van der Waals surface area contributed by atoms with Crippen molar-refractivity contribution < 1.29 is 19.8 Å². The van der Waals surface area contributed by atoms with Crippen molar-refractivity contribution in [3.05, 3.63) is 76.4 Å². The van der Waals surface area contributed by atoms with Crippen LogP contribution in [0.15, 0.2) is 54.6 Å². The molecule has 7 nitrogen and oxygen atoms in total. The number of carboxylic acid groups (broad SMARTS) is 1. The summed E-state index contributed by atoms with van der Waals surface area (Å²) < 4.78 is 1.20. The number of aromatic nitrogens is 2. The van der Waals surface area contributed by atoms with Gasteiger partial charge in [-0.25, -0.2) is 4.68 Å². The molecule has 3 rings (SSSR count). The number of carbonyl (C=O) groups excluding carboxylic acids is 1. The molecule has 0 saturated heterocycles. The SMILES string of the molecule is Cc1cccc([C@H](CC(=O)O)NC(=O)c2cc(O)n(-c3ccc(Cl)cc3)n2)c1. The number of carbonyl (C=O) groups is 2. The van der Waals surface area contributed by atoms with Crippen molar-refractivity contribution in [3.8, 4) is 11.6 Å². The molecular formula is C20H18ClN3O4. The van der Waals surface area contributed by atoms with Gasteiger partial charge in [-0.1, -0.05) is 41.4 Å². The zero-order valence-corrected chi connectivity index (χ0v) is 15.7. The Hall–Kier alpha value is -3.32. The van der Waals surface area contributed by atoms with E-state index in [1.807, 2.05) is 19.1 Å². The van der Waals surface area contributed by atoms with Gasteiger partial charge < -0.3 is 15.5 Å². The molecule has 3 aromatic rings. The van der Waals surface area contributed by atoms with Crippen molar-refractivity contribution in [2.75, 3.05) is 0 Å². The van der Waals surface area contributed by atoms with Crippen LogP contribution in [-0.2, 0) is 4.79 Å². The molecule has 1 aromatic heterocycles. The van der Waals surface area contributed by atoms with Crippen LogP contribution >= 0.6 is 11.6 Å². The molecular weight excluding hydrogens is 382 g/mol. The van der Waals surface area contributed by atoms with Gasteiger partial charge in [0.1, 0.15) is 0 Å².